The minimum absolute atomic E-state index is 0.0611. The van der Waals surface area contributed by atoms with Gasteiger partial charge in [0, 0.05) is 48.7 Å². The van der Waals surface area contributed by atoms with E-state index in [0.717, 1.165) is 48.7 Å². The summed E-state index contributed by atoms with van der Waals surface area (Å²) in [5.74, 6) is 1.54. The Kier molecular flexibility index (Phi) is 5.36. The van der Waals surface area contributed by atoms with E-state index in [9.17, 15) is 4.79 Å². The SMILES string of the molecule is O=c1ccc(-c2ccncc2)nn1CC1CCCN1Cc1ccnc(C2CCC2)n1. The molecule has 0 spiro atoms. The van der Waals surface area contributed by atoms with Gasteiger partial charge in [0.05, 0.1) is 17.9 Å². The third-order valence-corrected chi connectivity index (χ3v) is 6.29. The maximum absolute atomic E-state index is 12.5. The first-order valence-electron chi connectivity index (χ1n) is 10.8. The molecule has 0 radical (unpaired) electrons. The van der Waals surface area contributed by atoms with E-state index in [0.29, 0.717) is 12.5 Å². The van der Waals surface area contributed by atoms with E-state index in [1.807, 2.05) is 24.4 Å². The van der Waals surface area contributed by atoms with E-state index in [1.165, 1.54) is 19.3 Å². The van der Waals surface area contributed by atoms with Crippen molar-refractivity contribution >= 4 is 0 Å². The lowest BCUT2D eigenvalue weighted by molar-refractivity contribution is 0.214. The molecule has 4 heterocycles. The van der Waals surface area contributed by atoms with Gasteiger partial charge in [-0.3, -0.25) is 14.7 Å². The fourth-order valence-corrected chi connectivity index (χ4v) is 4.34. The lowest BCUT2D eigenvalue weighted by Crippen LogP contribution is -2.37. The Morgan fingerprint density at radius 3 is 2.63 bits per heavy atom. The zero-order chi connectivity index (χ0) is 20.3. The summed E-state index contributed by atoms with van der Waals surface area (Å²) >= 11 is 0. The number of likely N-dealkylation sites (tertiary alicyclic amines) is 1. The van der Waals surface area contributed by atoms with Crippen molar-refractivity contribution in [2.45, 2.75) is 57.2 Å². The Hall–Kier alpha value is -2.93. The molecule has 2 fully saturated rings. The Balaban J connectivity index is 1.32. The molecular weight excluding hydrogens is 376 g/mol. The number of rotatable bonds is 6. The summed E-state index contributed by atoms with van der Waals surface area (Å²) in [6.45, 7) is 2.41. The van der Waals surface area contributed by atoms with Gasteiger partial charge in [0.25, 0.3) is 5.56 Å². The Labute approximate surface area is 175 Å². The summed E-state index contributed by atoms with van der Waals surface area (Å²) in [5, 5.41) is 4.63. The van der Waals surface area contributed by atoms with E-state index in [2.05, 4.69) is 20.0 Å². The molecule has 1 saturated heterocycles. The van der Waals surface area contributed by atoms with Gasteiger partial charge >= 0.3 is 0 Å². The molecule has 3 aromatic rings. The van der Waals surface area contributed by atoms with Crippen molar-refractivity contribution in [3.05, 3.63) is 70.8 Å². The zero-order valence-corrected chi connectivity index (χ0v) is 17.0. The molecular formula is C23H26N6O. The van der Waals surface area contributed by atoms with E-state index in [1.54, 1.807) is 29.2 Å². The van der Waals surface area contributed by atoms with Gasteiger partial charge in [0.1, 0.15) is 5.82 Å². The van der Waals surface area contributed by atoms with Crippen molar-refractivity contribution in [1.82, 2.24) is 29.6 Å². The molecule has 1 aliphatic heterocycles. The predicted octanol–water partition coefficient (Wildman–Crippen LogP) is 3.03. The first-order chi connectivity index (χ1) is 14.8. The van der Waals surface area contributed by atoms with E-state index in [-0.39, 0.29) is 11.6 Å². The molecule has 1 saturated carbocycles. The van der Waals surface area contributed by atoms with Gasteiger partial charge in [-0.25, -0.2) is 14.6 Å². The van der Waals surface area contributed by atoms with Crippen molar-refractivity contribution in [3.8, 4) is 11.3 Å². The molecule has 154 valence electrons. The van der Waals surface area contributed by atoms with Crippen LogP contribution in [0.25, 0.3) is 11.3 Å². The normalized spacial score (nSPS) is 19.7. The van der Waals surface area contributed by atoms with Crippen LogP contribution in [0, 0.1) is 0 Å². The third kappa shape index (κ3) is 4.03. The monoisotopic (exact) mass is 402 g/mol. The van der Waals surface area contributed by atoms with Crippen molar-refractivity contribution < 1.29 is 0 Å². The molecule has 0 bridgehead atoms. The summed E-state index contributed by atoms with van der Waals surface area (Å²) in [4.78, 5) is 28.3. The van der Waals surface area contributed by atoms with Crippen LogP contribution in [-0.4, -0.2) is 42.2 Å². The van der Waals surface area contributed by atoms with Gasteiger partial charge in [-0.2, -0.15) is 5.10 Å². The van der Waals surface area contributed by atoms with Gasteiger partial charge in [-0.1, -0.05) is 6.42 Å². The molecule has 3 aromatic heterocycles. The van der Waals surface area contributed by atoms with E-state index in [4.69, 9.17) is 4.98 Å². The smallest absolute Gasteiger partial charge is 0.266 e. The average molecular weight is 403 g/mol. The van der Waals surface area contributed by atoms with Gasteiger partial charge in [-0.05, 0) is 56.5 Å². The molecule has 1 aliphatic carbocycles. The number of hydrogen-bond acceptors (Lipinski definition) is 6. The van der Waals surface area contributed by atoms with Crippen LogP contribution < -0.4 is 5.56 Å². The lowest BCUT2D eigenvalue weighted by Gasteiger charge is -2.26. The van der Waals surface area contributed by atoms with Gasteiger partial charge in [-0.15, -0.1) is 0 Å². The number of pyridine rings is 1. The van der Waals surface area contributed by atoms with Crippen LogP contribution in [0.15, 0.2) is 53.7 Å². The Morgan fingerprint density at radius 2 is 1.83 bits per heavy atom. The minimum Gasteiger partial charge on any atom is -0.293 e. The highest BCUT2D eigenvalue weighted by Crippen LogP contribution is 2.34. The first-order valence-corrected chi connectivity index (χ1v) is 10.8. The predicted molar refractivity (Wildman–Crippen MR) is 114 cm³/mol. The van der Waals surface area contributed by atoms with Crippen molar-refractivity contribution in [2.24, 2.45) is 0 Å². The Morgan fingerprint density at radius 1 is 0.967 bits per heavy atom. The molecule has 2 aliphatic rings. The highest BCUT2D eigenvalue weighted by molar-refractivity contribution is 5.56. The second-order valence-electron chi connectivity index (χ2n) is 8.28. The van der Waals surface area contributed by atoms with Crippen LogP contribution in [-0.2, 0) is 13.1 Å². The third-order valence-electron chi connectivity index (χ3n) is 6.29. The standard InChI is InChI=1S/C23H26N6O/c30-22-7-6-21(17-8-11-24-12-9-17)27-29(22)16-20-5-2-14-28(20)15-19-10-13-25-23(26-19)18-3-1-4-18/h6-13,18,20H,1-5,14-16H2. The van der Waals surface area contributed by atoms with Crippen molar-refractivity contribution in [3.63, 3.8) is 0 Å². The summed E-state index contributed by atoms with van der Waals surface area (Å²) in [7, 11) is 0. The number of nitrogens with zero attached hydrogens (tertiary/aromatic N) is 6. The summed E-state index contributed by atoms with van der Waals surface area (Å²) < 4.78 is 1.61. The summed E-state index contributed by atoms with van der Waals surface area (Å²) in [5.41, 5.74) is 2.77. The van der Waals surface area contributed by atoms with Gasteiger partial charge in [0.2, 0.25) is 0 Å². The van der Waals surface area contributed by atoms with Gasteiger partial charge < -0.3 is 0 Å². The molecule has 7 nitrogen and oxygen atoms in total. The highest BCUT2D eigenvalue weighted by Gasteiger charge is 2.27. The number of aromatic nitrogens is 5. The average Bonchev–Trinajstić information content (AvgIpc) is 3.16. The first kappa shape index (κ1) is 19.1. The largest absolute Gasteiger partial charge is 0.293 e. The van der Waals surface area contributed by atoms with Crippen LogP contribution in [0.4, 0.5) is 0 Å². The lowest BCUT2D eigenvalue weighted by atomic mass is 9.85. The maximum atomic E-state index is 12.5. The summed E-state index contributed by atoms with van der Waals surface area (Å²) in [6, 6.07) is 9.51. The molecule has 5 rings (SSSR count). The summed E-state index contributed by atoms with van der Waals surface area (Å²) in [6.07, 6.45) is 11.3. The molecule has 30 heavy (non-hydrogen) atoms. The maximum Gasteiger partial charge on any atom is 0.266 e. The van der Waals surface area contributed by atoms with Crippen LogP contribution >= 0.6 is 0 Å². The molecule has 0 N–H and O–H groups in total. The van der Waals surface area contributed by atoms with E-state index >= 15 is 0 Å². The quantitative estimate of drug-likeness (QED) is 0.631. The van der Waals surface area contributed by atoms with E-state index < -0.39 is 0 Å². The highest BCUT2D eigenvalue weighted by atomic mass is 16.1. The second kappa shape index (κ2) is 8.44. The van der Waals surface area contributed by atoms with Crippen LogP contribution in [0.3, 0.4) is 0 Å². The minimum atomic E-state index is -0.0611. The van der Waals surface area contributed by atoms with Crippen LogP contribution in [0.5, 0.6) is 0 Å². The Bertz CT molecular complexity index is 1060. The van der Waals surface area contributed by atoms with Crippen LogP contribution in [0.2, 0.25) is 0 Å². The topological polar surface area (TPSA) is 76.8 Å². The molecule has 1 unspecified atom stereocenters. The molecule has 0 amide bonds. The van der Waals surface area contributed by atoms with Crippen LogP contribution in [0.1, 0.15) is 49.5 Å². The zero-order valence-electron chi connectivity index (χ0n) is 17.0. The van der Waals surface area contributed by atoms with Gasteiger partial charge in [0.15, 0.2) is 0 Å². The molecule has 0 aromatic carbocycles. The molecule has 1 atom stereocenters. The second-order valence-corrected chi connectivity index (χ2v) is 8.28. The van der Waals surface area contributed by atoms with Crippen molar-refractivity contribution in [1.29, 1.82) is 0 Å². The fraction of sp³-hybridized carbons (Fsp3) is 0.435. The van der Waals surface area contributed by atoms with Crippen molar-refractivity contribution in [2.75, 3.05) is 6.54 Å². The number of hydrogen-bond donors (Lipinski definition) is 0. The molecule has 7 heteroatoms. The fourth-order valence-electron chi connectivity index (χ4n) is 4.34.